The van der Waals surface area contributed by atoms with Crippen molar-refractivity contribution in [2.75, 3.05) is 0 Å². The smallest absolute Gasteiger partial charge is 0.336 e. The zero-order valence-electron chi connectivity index (χ0n) is 11.7. The van der Waals surface area contributed by atoms with E-state index in [0.717, 1.165) is 19.3 Å². The van der Waals surface area contributed by atoms with Crippen molar-refractivity contribution in [3.05, 3.63) is 0 Å². The fraction of sp³-hybridized carbons (Fsp3) is 0.923. The summed E-state index contributed by atoms with van der Waals surface area (Å²) >= 11 is 0. The highest BCUT2D eigenvalue weighted by atomic mass is 17.2. The van der Waals surface area contributed by atoms with E-state index in [2.05, 4.69) is 20.8 Å². The van der Waals surface area contributed by atoms with E-state index in [1.165, 1.54) is 0 Å². The Balaban J connectivity index is 3.82. The van der Waals surface area contributed by atoms with E-state index in [1.54, 1.807) is 13.8 Å². The first-order valence-corrected chi connectivity index (χ1v) is 6.27. The second-order valence-electron chi connectivity index (χ2n) is 5.87. The molecule has 0 heterocycles. The summed E-state index contributed by atoms with van der Waals surface area (Å²) in [7, 11) is 0. The van der Waals surface area contributed by atoms with Gasteiger partial charge in [-0.05, 0) is 32.1 Å². The summed E-state index contributed by atoms with van der Waals surface area (Å²) in [5.41, 5.74) is 0.300. The molecule has 0 aromatic carbocycles. The van der Waals surface area contributed by atoms with Crippen molar-refractivity contribution >= 4 is 5.97 Å². The van der Waals surface area contributed by atoms with Crippen molar-refractivity contribution in [3.63, 3.8) is 0 Å². The number of hydrogen-bond acceptors (Lipinski definition) is 3. The minimum atomic E-state index is -0.957. The van der Waals surface area contributed by atoms with Crippen LogP contribution in [0.3, 0.4) is 0 Å². The molecule has 1 unspecified atom stereocenters. The molecule has 17 heavy (non-hydrogen) atoms. The van der Waals surface area contributed by atoms with E-state index >= 15 is 0 Å². The predicted molar refractivity (Wildman–Crippen MR) is 66.7 cm³/mol. The number of rotatable bonds is 8. The molecule has 0 aliphatic heterocycles. The summed E-state index contributed by atoms with van der Waals surface area (Å²) in [6, 6.07) is 0. The Morgan fingerprint density at radius 2 is 1.76 bits per heavy atom. The molecular weight excluding hydrogens is 220 g/mol. The lowest BCUT2D eigenvalue weighted by atomic mass is 9.89. The van der Waals surface area contributed by atoms with Gasteiger partial charge in [-0.1, -0.05) is 33.6 Å². The molecule has 1 N–H and O–H groups in total. The van der Waals surface area contributed by atoms with Crippen LogP contribution < -0.4 is 0 Å². The van der Waals surface area contributed by atoms with E-state index < -0.39 is 12.1 Å². The van der Waals surface area contributed by atoms with Crippen LogP contribution in [0.2, 0.25) is 0 Å². The van der Waals surface area contributed by atoms with E-state index in [1.807, 2.05) is 0 Å². The quantitative estimate of drug-likeness (QED) is 0.405. The third kappa shape index (κ3) is 10.3. The van der Waals surface area contributed by atoms with Gasteiger partial charge in [0, 0.05) is 0 Å². The third-order valence-electron chi connectivity index (χ3n) is 2.28. The van der Waals surface area contributed by atoms with Crippen molar-refractivity contribution in [2.45, 2.75) is 72.5 Å². The summed E-state index contributed by atoms with van der Waals surface area (Å²) in [5, 5.41) is 8.94. The van der Waals surface area contributed by atoms with Crippen molar-refractivity contribution in [1.82, 2.24) is 0 Å². The Morgan fingerprint density at radius 1 is 1.18 bits per heavy atom. The molecule has 1 atom stereocenters. The Labute approximate surface area is 104 Å². The Hall–Kier alpha value is -0.610. The predicted octanol–water partition coefficient (Wildman–Crippen LogP) is 3.40. The van der Waals surface area contributed by atoms with Crippen LogP contribution in [0.15, 0.2) is 0 Å². The highest BCUT2D eigenvalue weighted by Gasteiger charge is 2.20. The van der Waals surface area contributed by atoms with Gasteiger partial charge in [0.05, 0.1) is 6.10 Å². The number of unbranched alkanes of at least 4 members (excludes halogenated alkanes) is 1. The molecule has 0 aliphatic rings. The van der Waals surface area contributed by atoms with Gasteiger partial charge in [-0.2, -0.15) is 0 Å². The Kier molecular flexibility index (Phi) is 7.39. The van der Waals surface area contributed by atoms with Gasteiger partial charge in [0.1, 0.15) is 0 Å². The van der Waals surface area contributed by atoms with Gasteiger partial charge in [-0.3, -0.25) is 0 Å². The molecular formula is C13H26O4. The molecule has 0 saturated heterocycles. The number of carboxylic acid groups (broad SMARTS) is 1. The maximum atomic E-state index is 10.9. The third-order valence-corrected chi connectivity index (χ3v) is 2.28. The zero-order chi connectivity index (χ0) is 13.5. The number of aliphatic carboxylic acids is 1. The van der Waals surface area contributed by atoms with Gasteiger partial charge < -0.3 is 5.11 Å². The normalized spacial score (nSPS) is 14.0. The van der Waals surface area contributed by atoms with E-state index in [4.69, 9.17) is 14.9 Å². The molecule has 0 rings (SSSR count). The minimum absolute atomic E-state index is 0.119. The number of hydrogen-bond donors (Lipinski definition) is 1. The molecule has 0 aromatic heterocycles. The van der Waals surface area contributed by atoms with E-state index in [0.29, 0.717) is 11.8 Å². The molecule has 102 valence electrons. The standard InChI is InChI=1S/C13H26O4/c1-10(2)16-17-11(12(14)15)8-6-7-9-13(3,4)5/h10-11H,6-9H2,1-5H3,(H,14,15). The topological polar surface area (TPSA) is 55.8 Å². The summed E-state index contributed by atoms with van der Waals surface area (Å²) in [6.45, 7) is 10.1. The van der Waals surface area contributed by atoms with E-state index in [-0.39, 0.29) is 6.10 Å². The first-order chi connectivity index (χ1) is 7.72. The fourth-order valence-electron chi connectivity index (χ4n) is 1.38. The van der Waals surface area contributed by atoms with Crippen LogP contribution in [0.25, 0.3) is 0 Å². The highest BCUT2D eigenvalue weighted by molar-refractivity contribution is 5.72. The van der Waals surface area contributed by atoms with Crippen LogP contribution in [0.4, 0.5) is 0 Å². The van der Waals surface area contributed by atoms with Crippen LogP contribution in [0.1, 0.15) is 60.3 Å². The highest BCUT2D eigenvalue weighted by Crippen LogP contribution is 2.22. The molecule has 0 radical (unpaired) electrons. The maximum absolute atomic E-state index is 10.9. The van der Waals surface area contributed by atoms with Crippen molar-refractivity contribution in [1.29, 1.82) is 0 Å². The van der Waals surface area contributed by atoms with Crippen molar-refractivity contribution in [3.8, 4) is 0 Å². The number of carbonyl (C=O) groups is 1. The second kappa shape index (κ2) is 7.67. The first-order valence-electron chi connectivity index (χ1n) is 6.27. The zero-order valence-corrected chi connectivity index (χ0v) is 11.7. The lowest BCUT2D eigenvalue weighted by Crippen LogP contribution is -2.25. The monoisotopic (exact) mass is 246 g/mol. The molecule has 0 aromatic rings. The lowest BCUT2D eigenvalue weighted by molar-refractivity contribution is -0.340. The van der Waals surface area contributed by atoms with Crippen LogP contribution >= 0.6 is 0 Å². The molecule has 0 amide bonds. The Bertz CT molecular complexity index is 218. The van der Waals surface area contributed by atoms with Gasteiger partial charge in [0.2, 0.25) is 0 Å². The first kappa shape index (κ1) is 16.4. The lowest BCUT2D eigenvalue weighted by Gasteiger charge is -2.18. The average Bonchev–Trinajstić information content (AvgIpc) is 2.13. The molecule has 0 saturated carbocycles. The molecule has 0 spiro atoms. The molecule has 0 bridgehead atoms. The van der Waals surface area contributed by atoms with Gasteiger partial charge in [0.15, 0.2) is 6.10 Å². The maximum Gasteiger partial charge on any atom is 0.336 e. The van der Waals surface area contributed by atoms with Crippen LogP contribution in [-0.2, 0) is 14.6 Å². The summed E-state index contributed by atoms with van der Waals surface area (Å²) in [5.74, 6) is -0.957. The van der Waals surface area contributed by atoms with E-state index in [9.17, 15) is 4.79 Å². The van der Waals surface area contributed by atoms with Crippen LogP contribution in [-0.4, -0.2) is 23.3 Å². The molecule has 0 aliphatic carbocycles. The summed E-state index contributed by atoms with van der Waals surface area (Å²) < 4.78 is 0. The van der Waals surface area contributed by atoms with Gasteiger partial charge >= 0.3 is 5.97 Å². The molecule has 4 nitrogen and oxygen atoms in total. The van der Waals surface area contributed by atoms with Gasteiger partial charge in [-0.15, -0.1) is 0 Å². The number of carboxylic acids is 1. The minimum Gasteiger partial charge on any atom is -0.479 e. The van der Waals surface area contributed by atoms with Gasteiger partial charge in [0.25, 0.3) is 0 Å². The summed E-state index contributed by atoms with van der Waals surface area (Å²) in [6.07, 6.45) is 2.47. The molecule has 4 heteroatoms. The molecule has 0 fully saturated rings. The average molecular weight is 246 g/mol. The van der Waals surface area contributed by atoms with Crippen LogP contribution in [0.5, 0.6) is 0 Å². The largest absolute Gasteiger partial charge is 0.479 e. The van der Waals surface area contributed by atoms with Crippen molar-refractivity contribution < 1.29 is 19.7 Å². The summed E-state index contributed by atoms with van der Waals surface area (Å²) in [4.78, 5) is 20.7. The van der Waals surface area contributed by atoms with Crippen molar-refractivity contribution in [2.24, 2.45) is 5.41 Å². The Morgan fingerprint density at radius 3 is 2.18 bits per heavy atom. The fourth-order valence-corrected chi connectivity index (χ4v) is 1.38. The second-order valence-corrected chi connectivity index (χ2v) is 5.87. The SMILES string of the molecule is CC(C)OOC(CCCCC(C)(C)C)C(=O)O. The van der Waals surface area contributed by atoms with Crippen LogP contribution in [0, 0.1) is 5.41 Å². The van der Waals surface area contributed by atoms with Gasteiger partial charge in [-0.25, -0.2) is 14.6 Å².